The molecule has 4 rings (SSSR count). The van der Waals surface area contributed by atoms with Crippen LogP contribution in [0.15, 0.2) is 29.2 Å². The molecule has 3 aromatic heterocycles. The van der Waals surface area contributed by atoms with Gasteiger partial charge in [0.2, 0.25) is 0 Å². The second kappa shape index (κ2) is 5.67. The summed E-state index contributed by atoms with van der Waals surface area (Å²) >= 11 is 2.97. The zero-order valence-electron chi connectivity index (χ0n) is 13.0. The number of carbonyl (C=O) groups is 3. The Morgan fingerprint density at radius 2 is 2.24 bits per heavy atom. The molecule has 0 spiro atoms. The molecule has 3 N–H and O–H groups in total. The van der Waals surface area contributed by atoms with Gasteiger partial charge in [-0.3, -0.25) is 14.9 Å². The first kappa shape index (κ1) is 15.8. The standard InChI is InChI=1S/C15H13N5O3S2/c1-20-3-2-16-12(20)15(13(22)18-14(23)19-15)7-17-11(21)9-4-8-5-24-6-10(8)25-9/h2-6H,7H2,1H3,(H,17,21)(H2,18,19,22,23). The molecule has 1 saturated heterocycles. The molecule has 0 aliphatic carbocycles. The number of aryl methyl sites for hydroxylation is 1. The van der Waals surface area contributed by atoms with Gasteiger partial charge in [-0.25, -0.2) is 9.78 Å². The van der Waals surface area contributed by atoms with Gasteiger partial charge in [0.25, 0.3) is 11.8 Å². The van der Waals surface area contributed by atoms with Crippen LogP contribution in [0.3, 0.4) is 0 Å². The third-order valence-electron chi connectivity index (χ3n) is 4.04. The third-order valence-corrected chi connectivity index (χ3v) is 6.05. The predicted octanol–water partition coefficient (Wildman–Crippen LogP) is 1.16. The summed E-state index contributed by atoms with van der Waals surface area (Å²) in [6, 6.07) is 1.20. The number of hydrogen-bond donors (Lipinski definition) is 3. The Morgan fingerprint density at radius 1 is 1.40 bits per heavy atom. The van der Waals surface area contributed by atoms with Crippen LogP contribution in [0.25, 0.3) is 10.1 Å². The number of rotatable bonds is 4. The Balaban J connectivity index is 1.60. The maximum Gasteiger partial charge on any atom is 0.322 e. The van der Waals surface area contributed by atoms with E-state index in [1.54, 1.807) is 29.1 Å². The van der Waals surface area contributed by atoms with Crippen molar-refractivity contribution in [3.8, 4) is 0 Å². The largest absolute Gasteiger partial charge is 0.348 e. The minimum absolute atomic E-state index is 0.0982. The molecule has 1 aliphatic rings. The van der Waals surface area contributed by atoms with Gasteiger partial charge in [0.15, 0.2) is 5.54 Å². The summed E-state index contributed by atoms with van der Waals surface area (Å²) in [7, 11) is 1.72. The van der Waals surface area contributed by atoms with E-state index in [9.17, 15) is 14.4 Å². The number of hydrogen-bond acceptors (Lipinski definition) is 6. The average Bonchev–Trinajstić information content (AvgIpc) is 3.29. The summed E-state index contributed by atoms with van der Waals surface area (Å²) in [5.41, 5.74) is -1.43. The van der Waals surface area contributed by atoms with Gasteiger partial charge in [-0.05, 0) is 11.4 Å². The highest BCUT2D eigenvalue weighted by atomic mass is 32.1. The molecule has 128 valence electrons. The highest BCUT2D eigenvalue weighted by Crippen LogP contribution is 2.29. The van der Waals surface area contributed by atoms with Gasteiger partial charge in [0.05, 0.1) is 11.4 Å². The van der Waals surface area contributed by atoms with E-state index in [1.807, 2.05) is 16.8 Å². The van der Waals surface area contributed by atoms with Crippen LogP contribution in [0, 0.1) is 0 Å². The lowest BCUT2D eigenvalue weighted by Crippen LogP contribution is -2.54. The van der Waals surface area contributed by atoms with E-state index in [4.69, 9.17) is 0 Å². The maximum absolute atomic E-state index is 12.5. The van der Waals surface area contributed by atoms with Gasteiger partial charge in [0, 0.05) is 34.9 Å². The molecule has 3 aromatic rings. The first-order chi connectivity index (χ1) is 12.0. The number of fused-ring (bicyclic) bond motifs is 1. The van der Waals surface area contributed by atoms with E-state index in [0.29, 0.717) is 10.7 Å². The first-order valence-electron chi connectivity index (χ1n) is 7.35. The predicted molar refractivity (Wildman–Crippen MR) is 93.6 cm³/mol. The second-order valence-corrected chi connectivity index (χ2v) is 7.49. The molecule has 10 heteroatoms. The van der Waals surface area contributed by atoms with Crippen molar-refractivity contribution in [1.82, 2.24) is 25.5 Å². The quantitative estimate of drug-likeness (QED) is 0.595. The molecule has 4 heterocycles. The average molecular weight is 375 g/mol. The summed E-state index contributed by atoms with van der Waals surface area (Å²) in [5.74, 6) is -0.490. The van der Waals surface area contributed by atoms with Crippen LogP contribution < -0.4 is 16.0 Å². The fourth-order valence-electron chi connectivity index (χ4n) is 2.81. The van der Waals surface area contributed by atoms with Crippen molar-refractivity contribution >= 4 is 50.6 Å². The van der Waals surface area contributed by atoms with Crippen LogP contribution in [0.1, 0.15) is 15.5 Å². The Bertz CT molecular complexity index is 975. The zero-order chi connectivity index (χ0) is 17.6. The molecule has 0 saturated carbocycles. The van der Waals surface area contributed by atoms with E-state index >= 15 is 0 Å². The van der Waals surface area contributed by atoms with Crippen molar-refractivity contribution in [2.75, 3.05) is 6.54 Å². The van der Waals surface area contributed by atoms with Gasteiger partial charge in [-0.2, -0.15) is 11.3 Å². The Kier molecular flexibility index (Phi) is 3.58. The zero-order valence-corrected chi connectivity index (χ0v) is 14.7. The summed E-state index contributed by atoms with van der Waals surface area (Å²) < 4.78 is 2.68. The number of nitrogens with one attached hydrogen (secondary N) is 3. The summed E-state index contributed by atoms with van der Waals surface area (Å²) in [4.78, 5) is 41.3. The molecule has 0 radical (unpaired) electrons. The van der Waals surface area contributed by atoms with Crippen molar-refractivity contribution in [3.63, 3.8) is 0 Å². The van der Waals surface area contributed by atoms with E-state index in [-0.39, 0.29) is 12.5 Å². The summed E-state index contributed by atoms with van der Waals surface area (Å²) in [6.07, 6.45) is 3.20. The minimum Gasteiger partial charge on any atom is -0.348 e. The number of thiophene rings is 2. The fraction of sp³-hybridized carbons (Fsp3) is 0.200. The highest BCUT2D eigenvalue weighted by Gasteiger charge is 2.50. The van der Waals surface area contributed by atoms with E-state index in [2.05, 4.69) is 20.9 Å². The number of aromatic nitrogens is 2. The SMILES string of the molecule is Cn1ccnc1C1(CNC(=O)c2cc3cscc3s2)NC(=O)NC1=O. The van der Waals surface area contributed by atoms with Gasteiger partial charge in [-0.1, -0.05) is 0 Å². The number of nitrogens with zero attached hydrogens (tertiary/aromatic N) is 2. The Hall–Kier alpha value is -2.72. The van der Waals surface area contributed by atoms with E-state index < -0.39 is 17.5 Å². The molecule has 1 atom stereocenters. The van der Waals surface area contributed by atoms with Gasteiger partial charge >= 0.3 is 6.03 Å². The molecule has 0 bridgehead atoms. The van der Waals surface area contributed by atoms with Crippen LogP contribution in [-0.4, -0.2) is 33.9 Å². The molecular formula is C15H13N5O3S2. The van der Waals surface area contributed by atoms with Crippen LogP contribution in [0.5, 0.6) is 0 Å². The van der Waals surface area contributed by atoms with Gasteiger partial charge in [-0.15, -0.1) is 11.3 Å². The number of imidazole rings is 1. The Morgan fingerprint density at radius 3 is 2.88 bits per heavy atom. The van der Waals surface area contributed by atoms with Crippen LogP contribution in [0.2, 0.25) is 0 Å². The molecule has 1 unspecified atom stereocenters. The third kappa shape index (κ3) is 2.50. The Labute approximate surface area is 149 Å². The van der Waals surface area contributed by atoms with Crippen LogP contribution in [-0.2, 0) is 17.4 Å². The van der Waals surface area contributed by atoms with Crippen molar-refractivity contribution in [3.05, 3.63) is 39.9 Å². The van der Waals surface area contributed by atoms with Crippen molar-refractivity contribution in [2.24, 2.45) is 7.05 Å². The van der Waals surface area contributed by atoms with Crippen molar-refractivity contribution in [2.45, 2.75) is 5.54 Å². The number of amides is 4. The normalized spacial score (nSPS) is 19.9. The summed E-state index contributed by atoms with van der Waals surface area (Å²) in [6.45, 7) is -0.0982. The molecule has 8 nitrogen and oxygen atoms in total. The molecule has 0 aromatic carbocycles. The summed E-state index contributed by atoms with van der Waals surface area (Å²) in [5, 5.41) is 12.5. The minimum atomic E-state index is -1.43. The monoisotopic (exact) mass is 375 g/mol. The lowest BCUT2D eigenvalue weighted by atomic mass is 9.98. The molecule has 1 fully saturated rings. The second-order valence-electron chi connectivity index (χ2n) is 5.66. The van der Waals surface area contributed by atoms with E-state index in [0.717, 1.165) is 10.1 Å². The number of carbonyl (C=O) groups excluding carboxylic acids is 3. The lowest BCUT2D eigenvalue weighted by Gasteiger charge is -2.25. The van der Waals surface area contributed by atoms with Crippen LogP contribution >= 0.6 is 22.7 Å². The molecule has 4 amide bonds. The number of imide groups is 1. The number of urea groups is 1. The van der Waals surface area contributed by atoms with E-state index in [1.165, 1.54) is 17.5 Å². The first-order valence-corrected chi connectivity index (χ1v) is 9.11. The smallest absolute Gasteiger partial charge is 0.322 e. The van der Waals surface area contributed by atoms with Crippen LogP contribution in [0.4, 0.5) is 4.79 Å². The molecular weight excluding hydrogens is 362 g/mol. The topological polar surface area (TPSA) is 105 Å². The van der Waals surface area contributed by atoms with Crippen molar-refractivity contribution in [1.29, 1.82) is 0 Å². The molecule has 1 aliphatic heterocycles. The highest BCUT2D eigenvalue weighted by molar-refractivity contribution is 7.24. The fourth-order valence-corrected chi connectivity index (χ4v) is 4.74. The van der Waals surface area contributed by atoms with Gasteiger partial charge in [0.1, 0.15) is 5.82 Å². The van der Waals surface area contributed by atoms with Gasteiger partial charge < -0.3 is 15.2 Å². The van der Waals surface area contributed by atoms with Crippen molar-refractivity contribution < 1.29 is 14.4 Å². The maximum atomic E-state index is 12.5. The lowest BCUT2D eigenvalue weighted by molar-refractivity contribution is -0.124. The molecule has 25 heavy (non-hydrogen) atoms.